The zero-order chi connectivity index (χ0) is 35.1. The molecule has 4 heterocycles. The Morgan fingerprint density at radius 3 is 1.91 bits per heavy atom. The van der Waals surface area contributed by atoms with Crippen molar-refractivity contribution in [2.45, 2.75) is 0 Å². The predicted octanol–water partition coefficient (Wildman–Crippen LogP) is 14.4. The van der Waals surface area contributed by atoms with Crippen molar-refractivity contribution in [2.75, 3.05) is 4.90 Å². The lowest BCUT2D eigenvalue weighted by atomic mass is 9.92. The zero-order valence-corrected chi connectivity index (χ0v) is 28.9. The van der Waals surface area contributed by atoms with Gasteiger partial charge in [0, 0.05) is 43.3 Å². The van der Waals surface area contributed by atoms with Crippen LogP contribution in [0.5, 0.6) is 0 Å². The van der Waals surface area contributed by atoms with Crippen LogP contribution in [0.15, 0.2) is 179 Å². The number of benzene rings is 9. The Labute approximate surface area is 307 Å². The summed E-state index contributed by atoms with van der Waals surface area (Å²) in [6.07, 6.45) is 0. The van der Waals surface area contributed by atoms with Crippen LogP contribution in [0.4, 0.5) is 17.1 Å². The highest BCUT2D eigenvalue weighted by Gasteiger charge is 2.28. The summed E-state index contributed by atoms with van der Waals surface area (Å²) < 4.78 is 16.2. The molecule has 4 heteroatoms. The maximum Gasteiger partial charge on any atom is 0.159 e. The van der Waals surface area contributed by atoms with Gasteiger partial charge in [-0.05, 0) is 58.1 Å². The van der Waals surface area contributed by atoms with Gasteiger partial charge in [0.15, 0.2) is 16.7 Å². The van der Waals surface area contributed by atoms with Crippen LogP contribution in [0, 0.1) is 0 Å². The maximum absolute atomic E-state index is 6.86. The molecule has 0 saturated heterocycles. The average Bonchev–Trinajstić information content (AvgIpc) is 3.62. The topological polar surface area (TPSA) is 33.9 Å². The number of anilines is 3. The van der Waals surface area contributed by atoms with Crippen LogP contribution < -0.4 is 4.90 Å². The molecule has 0 aliphatic carbocycles. The molecule has 9 aromatic carbocycles. The van der Waals surface area contributed by atoms with Gasteiger partial charge in [-0.3, -0.25) is 0 Å². The van der Waals surface area contributed by atoms with Gasteiger partial charge in [0.05, 0.1) is 33.6 Å². The number of aromatic nitrogens is 1. The molecule has 13 aromatic rings. The van der Waals surface area contributed by atoms with Crippen molar-refractivity contribution >= 4 is 110 Å². The van der Waals surface area contributed by atoms with E-state index in [0.717, 1.165) is 72.3 Å². The Hall–Kier alpha value is -7.30. The molecular formula is C50H28N2O2. The fourth-order valence-electron chi connectivity index (χ4n) is 9.49. The molecule has 0 unspecified atom stereocenters. The number of nitrogens with zero attached hydrogens (tertiary/aromatic N) is 2. The summed E-state index contributed by atoms with van der Waals surface area (Å²) in [6, 6.07) is 61.0. The summed E-state index contributed by atoms with van der Waals surface area (Å²) in [5.41, 5.74) is 12.3. The van der Waals surface area contributed by atoms with Crippen molar-refractivity contribution in [2.24, 2.45) is 0 Å². The molecule has 0 aliphatic rings. The molecule has 250 valence electrons. The van der Waals surface area contributed by atoms with E-state index in [4.69, 9.17) is 8.83 Å². The van der Waals surface area contributed by atoms with E-state index in [9.17, 15) is 0 Å². The van der Waals surface area contributed by atoms with Gasteiger partial charge in [-0.1, -0.05) is 133 Å². The van der Waals surface area contributed by atoms with Gasteiger partial charge < -0.3 is 18.1 Å². The minimum atomic E-state index is 0.852. The Morgan fingerprint density at radius 2 is 1.00 bits per heavy atom. The third kappa shape index (κ3) is 3.52. The molecular weight excluding hydrogens is 661 g/mol. The maximum atomic E-state index is 6.86. The molecule has 0 aliphatic heterocycles. The Bertz CT molecular complexity index is 3620. The molecule has 4 nitrogen and oxygen atoms in total. The summed E-state index contributed by atoms with van der Waals surface area (Å²) in [5.74, 6) is 0. The molecule has 4 aromatic heterocycles. The average molecular weight is 689 g/mol. The van der Waals surface area contributed by atoms with E-state index in [2.05, 4.69) is 173 Å². The molecule has 0 radical (unpaired) electrons. The first-order valence-corrected chi connectivity index (χ1v) is 18.4. The summed E-state index contributed by atoms with van der Waals surface area (Å²) in [4.78, 5) is 2.43. The lowest BCUT2D eigenvalue weighted by Gasteiger charge is -2.30. The minimum absolute atomic E-state index is 0.852. The van der Waals surface area contributed by atoms with E-state index in [-0.39, 0.29) is 0 Å². The van der Waals surface area contributed by atoms with Gasteiger partial charge >= 0.3 is 0 Å². The number of furan rings is 1. The van der Waals surface area contributed by atoms with E-state index in [1.807, 2.05) is 6.07 Å². The number of hydrogen-bond donors (Lipinski definition) is 0. The van der Waals surface area contributed by atoms with Gasteiger partial charge in [0.1, 0.15) is 5.58 Å². The molecule has 54 heavy (non-hydrogen) atoms. The summed E-state index contributed by atoms with van der Waals surface area (Å²) >= 11 is 0. The van der Waals surface area contributed by atoms with Crippen LogP contribution in [-0.2, 0) is 0 Å². The molecule has 0 fully saturated rings. The van der Waals surface area contributed by atoms with Crippen LogP contribution in [0.2, 0.25) is 0 Å². The predicted molar refractivity (Wildman–Crippen MR) is 224 cm³/mol. The van der Waals surface area contributed by atoms with Gasteiger partial charge in [-0.2, -0.15) is 0 Å². The van der Waals surface area contributed by atoms with Crippen LogP contribution in [0.1, 0.15) is 0 Å². The Morgan fingerprint density at radius 1 is 0.352 bits per heavy atom. The van der Waals surface area contributed by atoms with E-state index in [0.29, 0.717) is 0 Å². The standard InChI is InChI=1S/C50H28N2O2/c1-2-11-29(12-3-1)32-14-4-6-20-38(32)51(40-21-10-18-36-33-15-5-7-22-41(33)54-50(36)40)39-26-23-31-25-28-43-49-45(31)46(39)37-19-9-17-35-34-16-8-13-30-24-27-42(53-43)48(44(30)34)52(49)47(35)37/h1-28H. The normalized spacial score (nSPS) is 12.4. The lowest BCUT2D eigenvalue weighted by molar-refractivity contribution is 0.656. The highest BCUT2D eigenvalue weighted by atomic mass is 16.3. The van der Waals surface area contributed by atoms with Crippen molar-refractivity contribution in [3.63, 3.8) is 0 Å². The number of hydrogen-bond acceptors (Lipinski definition) is 3. The highest BCUT2D eigenvalue weighted by molar-refractivity contribution is 6.34. The Kier molecular flexibility index (Phi) is 5.34. The van der Waals surface area contributed by atoms with Crippen LogP contribution in [0.3, 0.4) is 0 Å². The molecule has 0 bridgehead atoms. The zero-order valence-electron chi connectivity index (χ0n) is 28.9. The second-order valence-corrected chi connectivity index (χ2v) is 14.4. The second kappa shape index (κ2) is 10.2. The van der Waals surface area contributed by atoms with Gasteiger partial charge in [0.2, 0.25) is 0 Å². The number of pyridine rings is 2. The van der Waals surface area contributed by atoms with Crippen molar-refractivity contribution in [3.05, 3.63) is 170 Å². The van der Waals surface area contributed by atoms with E-state index in [1.165, 1.54) is 48.6 Å². The molecule has 0 saturated carbocycles. The van der Waals surface area contributed by atoms with Gasteiger partial charge in [-0.25, -0.2) is 0 Å². The third-order valence-electron chi connectivity index (χ3n) is 11.7. The van der Waals surface area contributed by atoms with E-state index < -0.39 is 0 Å². The molecule has 13 rings (SSSR count). The van der Waals surface area contributed by atoms with Crippen LogP contribution >= 0.6 is 0 Å². The summed E-state index contributed by atoms with van der Waals surface area (Å²) in [6.45, 7) is 0. The third-order valence-corrected chi connectivity index (χ3v) is 11.7. The summed E-state index contributed by atoms with van der Waals surface area (Å²) in [5, 5.41) is 11.8. The SMILES string of the molecule is c1ccc(-c2ccccc2N(c2cccc3c2oc2ccccc23)c2ccc3ccc4oc5ccc6cccc7c8cccc9c2c3c4n(c89)c5c67)cc1. The largest absolute Gasteiger partial charge is 0.454 e. The monoisotopic (exact) mass is 688 g/mol. The summed E-state index contributed by atoms with van der Waals surface area (Å²) in [7, 11) is 0. The lowest BCUT2D eigenvalue weighted by Crippen LogP contribution is -2.13. The van der Waals surface area contributed by atoms with Gasteiger partial charge in [0.25, 0.3) is 0 Å². The van der Waals surface area contributed by atoms with E-state index in [1.54, 1.807) is 0 Å². The molecule has 0 spiro atoms. The fraction of sp³-hybridized carbons (Fsp3) is 0. The first-order valence-electron chi connectivity index (χ1n) is 18.4. The fourth-order valence-corrected chi connectivity index (χ4v) is 9.49. The molecule has 0 amide bonds. The quantitative estimate of drug-likeness (QED) is 0.136. The number of rotatable bonds is 4. The van der Waals surface area contributed by atoms with Gasteiger partial charge in [-0.15, -0.1) is 0 Å². The first kappa shape index (κ1) is 28.3. The number of para-hydroxylation sites is 4. The minimum Gasteiger partial charge on any atom is -0.454 e. The first-order chi connectivity index (χ1) is 26.8. The molecule has 0 N–H and O–H groups in total. The number of fused-ring (bicyclic) bond motifs is 5. The van der Waals surface area contributed by atoms with Crippen LogP contribution in [-0.4, -0.2) is 4.40 Å². The highest BCUT2D eigenvalue weighted by Crippen LogP contribution is 2.52. The van der Waals surface area contributed by atoms with Crippen molar-refractivity contribution in [3.8, 4) is 11.1 Å². The smallest absolute Gasteiger partial charge is 0.159 e. The second-order valence-electron chi connectivity index (χ2n) is 14.4. The van der Waals surface area contributed by atoms with Crippen molar-refractivity contribution in [1.82, 2.24) is 4.40 Å². The van der Waals surface area contributed by atoms with Crippen molar-refractivity contribution in [1.29, 1.82) is 0 Å². The van der Waals surface area contributed by atoms with E-state index >= 15 is 0 Å². The van der Waals surface area contributed by atoms with Crippen molar-refractivity contribution < 1.29 is 8.83 Å². The Balaban J connectivity index is 1.26. The molecule has 0 atom stereocenters. The van der Waals surface area contributed by atoms with Crippen LogP contribution in [0.25, 0.3) is 104 Å².